The molecule has 0 aliphatic heterocycles. The highest BCUT2D eigenvalue weighted by Crippen LogP contribution is 2.17. The highest BCUT2D eigenvalue weighted by Gasteiger charge is 2.06. The molecule has 0 saturated carbocycles. The standard InChI is InChI=1S/C16H18BrFN2O/c1-11(2)21-16-13(4-3-5-20-16)10-19-9-12-6-14(17)8-15(18)7-12/h3-8,11,19H,9-10H2,1-2H3. The van der Waals surface area contributed by atoms with Crippen molar-refractivity contribution in [3.8, 4) is 5.88 Å². The summed E-state index contributed by atoms with van der Waals surface area (Å²) >= 11 is 3.29. The Morgan fingerprint density at radius 1 is 1.29 bits per heavy atom. The molecule has 3 nitrogen and oxygen atoms in total. The lowest BCUT2D eigenvalue weighted by atomic mass is 10.2. The Morgan fingerprint density at radius 3 is 2.81 bits per heavy atom. The second-order valence-electron chi connectivity index (χ2n) is 5.02. The Bertz CT molecular complexity index is 584. The summed E-state index contributed by atoms with van der Waals surface area (Å²) < 4.78 is 19.7. The molecule has 112 valence electrons. The number of hydrogen-bond acceptors (Lipinski definition) is 3. The molecular weight excluding hydrogens is 335 g/mol. The van der Waals surface area contributed by atoms with Crippen molar-refractivity contribution < 1.29 is 9.13 Å². The first kappa shape index (κ1) is 15.9. The van der Waals surface area contributed by atoms with Gasteiger partial charge in [-0.1, -0.05) is 22.0 Å². The maximum atomic E-state index is 13.3. The van der Waals surface area contributed by atoms with Crippen LogP contribution in [0.25, 0.3) is 0 Å². The van der Waals surface area contributed by atoms with Gasteiger partial charge in [-0.2, -0.15) is 0 Å². The molecule has 1 N–H and O–H groups in total. The fourth-order valence-corrected chi connectivity index (χ4v) is 2.46. The minimum atomic E-state index is -0.244. The van der Waals surface area contributed by atoms with Crippen molar-refractivity contribution in [2.45, 2.75) is 33.0 Å². The molecule has 0 radical (unpaired) electrons. The number of aromatic nitrogens is 1. The van der Waals surface area contributed by atoms with E-state index in [1.165, 1.54) is 12.1 Å². The molecule has 2 aromatic rings. The minimum Gasteiger partial charge on any atom is -0.475 e. The zero-order valence-electron chi connectivity index (χ0n) is 12.1. The zero-order chi connectivity index (χ0) is 15.2. The average Bonchev–Trinajstić information content (AvgIpc) is 2.39. The lowest BCUT2D eigenvalue weighted by molar-refractivity contribution is 0.229. The van der Waals surface area contributed by atoms with Gasteiger partial charge >= 0.3 is 0 Å². The fraction of sp³-hybridized carbons (Fsp3) is 0.312. The Labute approximate surface area is 132 Å². The van der Waals surface area contributed by atoms with Crippen molar-refractivity contribution in [2.75, 3.05) is 0 Å². The fourth-order valence-electron chi connectivity index (χ4n) is 1.94. The molecule has 1 aromatic heterocycles. The SMILES string of the molecule is CC(C)Oc1ncccc1CNCc1cc(F)cc(Br)c1. The Balaban J connectivity index is 1.97. The molecule has 0 bridgehead atoms. The first-order valence-corrected chi connectivity index (χ1v) is 7.60. The van der Waals surface area contributed by atoms with E-state index in [2.05, 4.69) is 26.2 Å². The number of hydrogen-bond donors (Lipinski definition) is 1. The molecule has 2 rings (SSSR count). The lowest BCUT2D eigenvalue weighted by Gasteiger charge is -2.13. The van der Waals surface area contributed by atoms with Gasteiger partial charge in [-0.25, -0.2) is 9.37 Å². The van der Waals surface area contributed by atoms with Crippen LogP contribution in [0.4, 0.5) is 4.39 Å². The number of nitrogens with one attached hydrogen (secondary N) is 1. The van der Waals surface area contributed by atoms with Crippen LogP contribution in [0, 0.1) is 5.82 Å². The van der Waals surface area contributed by atoms with Gasteiger partial charge in [0.1, 0.15) is 5.82 Å². The molecule has 0 amide bonds. The van der Waals surface area contributed by atoms with E-state index in [1.54, 1.807) is 6.20 Å². The van der Waals surface area contributed by atoms with E-state index in [-0.39, 0.29) is 11.9 Å². The maximum absolute atomic E-state index is 13.3. The van der Waals surface area contributed by atoms with Crippen molar-refractivity contribution in [3.63, 3.8) is 0 Å². The van der Waals surface area contributed by atoms with Crippen LogP contribution in [0.15, 0.2) is 41.0 Å². The lowest BCUT2D eigenvalue weighted by Crippen LogP contribution is -2.16. The van der Waals surface area contributed by atoms with E-state index < -0.39 is 0 Å². The highest BCUT2D eigenvalue weighted by atomic mass is 79.9. The van der Waals surface area contributed by atoms with E-state index in [0.717, 1.165) is 15.6 Å². The van der Waals surface area contributed by atoms with Crippen molar-refractivity contribution >= 4 is 15.9 Å². The summed E-state index contributed by atoms with van der Waals surface area (Å²) in [5.41, 5.74) is 1.87. The Morgan fingerprint density at radius 2 is 2.10 bits per heavy atom. The Kier molecular flexibility index (Phi) is 5.70. The summed E-state index contributed by atoms with van der Waals surface area (Å²) in [5, 5.41) is 3.28. The van der Waals surface area contributed by atoms with Gasteiger partial charge in [0, 0.05) is 29.3 Å². The summed E-state index contributed by atoms with van der Waals surface area (Å²) in [6, 6.07) is 8.71. The van der Waals surface area contributed by atoms with Crippen LogP contribution in [0.2, 0.25) is 0 Å². The molecule has 21 heavy (non-hydrogen) atoms. The first-order valence-electron chi connectivity index (χ1n) is 6.81. The van der Waals surface area contributed by atoms with Gasteiger partial charge in [0.25, 0.3) is 0 Å². The minimum absolute atomic E-state index is 0.0813. The van der Waals surface area contributed by atoms with Crippen molar-refractivity contribution in [1.82, 2.24) is 10.3 Å². The van der Waals surface area contributed by atoms with Gasteiger partial charge < -0.3 is 10.1 Å². The predicted molar refractivity (Wildman–Crippen MR) is 84.6 cm³/mol. The molecule has 0 unspecified atom stereocenters. The third kappa shape index (κ3) is 5.10. The van der Waals surface area contributed by atoms with Gasteiger partial charge in [0.2, 0.25) is 5.88 Å². The molecule has 0 aliphatic rings. The molecule has 5 heteroatoms. The normalized spacial score (nSPS) is 10.9. The van der Waals surface area contributed by atoms with Crippen molar-refractivity contribution in [3.05, 3.63) is 57.9 Å². The molecule has 0 aliphatic carbocycles. The van der Waals surface area contributed by atoms with Crippen LogP contribution in [-0.2, 0) is 13.1 Å². The maximum Gasteiger partial charge on any atom is 0.218 e. The quantitative estimate of drug-likeness (QED) is 0.851. The number of halogens is 2. The van der Waals surface area contributed by atoms with Crippen LogP contribution in [-0.4, -0.2) is 11.1 Å². The average molecular weight is 353 g/mol. The molecular formula is C16H18BrFN2O. The van der Waals surface area contributed by atoms with Gasteiger partial charge in [-0.15, -0.1) is 0 Å². The van der Waals surface area contributed by atoms with E-state index in [4.69, 9.17) is 4.74 Å². The highest BCUT2D eigenvalue weighted by molar-refractivity contribution is 9.10. The summed E-state index contributed by atoms with van der Waals surface area (Å²) in [6.45, 7) is 5.13. The Hall–Kier alpha value is -1.46. The van der Waals surface area contributed by atoms with Crippen LogP contribution in [0.5, 0.6) is 5.88 Å². The first-order chi connectivity index (χ1) is 10.0. The van der Waals surface area contributed by atoms with E-state index in [0.29, 0.717) is 19.0 Å². The third-order valence-electron chi connectivity index (χ3n) is 2.76. The van der Waals surface area contributed by atoms with Crippen LogP contribution >= 0.6 is 15.9 Å². The summed E-state index contributed by atoms with van der Waals surface area (Å²) in [4.78, 5) is 4.24. The smallest absolute Gasteiger partial charge is 0.218 e. The van der Waals surface area contributed by atoms with Crippen LogP contribution in [0.1, 0.15) is 25.0 Å². The molecule has 1 heterocycles. The van der Waals surface area contributed by atoms with Crippen molar-refractivity contribution in [2.24, 2.45) is 0 Å². The molecule has 0 atom stereocenters. The molecule has 0 spiro atoms. The second kappa shape index (κ2) is 7.52. The van der Waals surface area contributed by atoms with Gasteiger partial charge in [0.15, 0.2) is 0 Å². The number of pyridine rings is 1. The van der Waals surface area contributed by atoms with Crippen LogP contribution < -0.4 is 10.1 Å². The predicted octanol–water partition coefficient (Wildman–Crippen LogP) is 4.06. The summed E-state index contributed by atoms with van der Waals surface area (Å²) in [5.74, 6) is 0.395. The van der Waals surface area contributed by atoms with Gasteiger partial charge in [-0.3, -0.25) is 0 Å². The molecule has 1 aromatic carbocycles. The van der Waals surface area contributed by atoms with E-state index in [9.17, 15) is 4.39 Å². The van der Waals surface area contributed by atoms with Gasteiger partial charge in [-0.05, 0) is 43.7 Å². The summed E-state index contributed by atoms with van der Waals surface area (Å²) in [7, 11) is 0. The summed E-state index contributed by atoms with van der Waals surface area (Å²) in [6.07, 6.45) is 1.79. The number of ether oxygens (including phenoxy) is 1. The molecule has 0 saturated heterocycles. The molecule has 0 fully saturated rings. The monoisotopic (exact) mass is 352 g/mol. The number of rotatable bonds is 6. The van der Waals surface area contributed by atoms with Crippen molar-refractivity contribution in [1.29, 1.82) is 0 Å². The van der Waals surface area contributed by atoms with E-state index >= 15 is 0 Å². The third-order valence-corrected chi connectivity index (χ3v) is 3.22. The second-order valence-corrected chi connectivity index (χ2v) is 5.93. The number of benzene rings is 1. The largest absolute Gasteiger partial charge is 0.475 e. The van der Waals surface area contributed by atoms with Gasteiger partial charge in [0.05, 0.1) is 6.10 Å². The van der Waals surface area contributed by atoms with Crippen LogP contribution in [0.3, 0.4) is 0 Å². The number of nitrogens with zero attached hydrogens (tertiary/aromatic N) is 1. The topological polar surface area (TPSA) is 34.1 Å². The van der Waals surface area contributed by atoms with E-state index in [1.807, 2.05) is 32.0 Å². The zero-order valence-corrected chi connectivity index (χ0v) is 13.7.